The third-order valence-corrected chi connectivity index (χ3v) is 5.25. The number of rotatable bonds is 5. The van der Waals surface area contributed by atoms with Gasteiger partial charge in [0.15, 0.2) is 0 Å². The van der Waals surface area contributed by atoms with Crippen LogP contribution in [0, 0.1) is 0 Å². The van der Waals surface area contributed by atoms with Gasteiger partial charge in [-0.05, 0) is 25.4 Å². The van der Waals surface area contributed by atoms with Crippen LogP contribution in [0.1, 0.15) is 27.7 Å². The highest BCUT2D eigenvalue weighted by Crippen LogP contribution is 2.30. The van der Waals surface area contributed by atoms with Crippen LogP contribution in [0.3, 0.4) is 0 Å². The third-order valence-electron chi connectivity index (χ3n) is 2.52. The largest absolute Gasteiger partial charge is 0.302 e. The van der Waals surface area contributed by atoms with Crippen molar-refractivity contribution >= 4 is 23.5 Å². The van der Waals surface area contributed by atoms with Gasteiger partial charge in [0.25, 0.3) is 0 Å². The van der Waals surface area contributed by atoms with Crippen molar-refractivity contribution < 1.29 is 0 Å². The number of thioether (sulfide) groups is 2. The van der Waals surface area contributed by atoms with E-state index in [2.05, 4.69) is 62.6 Å². The standard InChI is InChI=1S/C11H21NS2/c1-5-13-11(14-6-2)10-7-8(3)9(4)12-10/h7,9-12H,5-6H2,1-4H3/t9?,10-/m0/s1. The molecule has 0 bridgehead atoms. The van der Waals surface area contributed by atoms with Crippen LogP contribution in [0.4, 0.5) is 0 Å². The summed E-state index contributed by atoms with van der Waals surface area (Å²) in [5.41, 5.74) is 1.49. The first-order valence-corrected chi connectivity index (χ1v) is 7.46. The van der Waals surface area contributed by atoms with Gasteiger partial charge in [-0.1, -0.05) is 25.5 Å². The van der Waals surface area contributed by atoms with Gasteiger partial charge in [0.1, 0.15) is 0 Å². The van der Waals surface area contributed by atoms with Crippen molar-refractivity contribution in [3.8, 4) is 0 Å². The van der Waals surface area contributed by atoms with Gasteiger partial charge in [-0.25, -0.2) is 0 Å². The molecule has 0 spiro atoms. The van der Waals surface area contributed by atoms with Gasteiger partial charge in [0, 0.05) is 12.1 Å². The van der Waals surface area contributed by atoms with Crippen LogP contribution in [-0.2, 0) is 0 Å². The van der Waals surface area contributed by atoms with E-state index in [-0.39, 0.29) is 0 Å². The zero-order valence-electron chi connectivity index (χ0n) is 9.54. The fraction of sp³-hybridized carbons (Fsp3) is 0.818. The monoisotopic (exact) mass is 231 g/mol. The average molecular weight is 231 g/mol. The van der Waals surface area contributed by atoms with E-state index in [1.807, 2.05) is 0 Å². The molecule has 1 rings (SSSR count). The van der Waals surface area contributed by atoms with Gasteiger partial charge in [-0.15, -0.1) is 23.5 Å². The molecule has 82 valence electrons. The lowest BCUT2D eigenvalue weighted by Gasteiger charge is -2.22. The Kier molecular flexibility index (Phi) is 5.42. The quantitative estimate of drug-likeness (QED) is 0.577. The van der Waals surface area contributed by atoms with Gasteiger partial charge in [-0.3, -0.25) is 0 Å². The van der Waals surface area contributed by atoms with Crippen LogP contribution in [0.2, 0.25) is 0 Å². The van der Waals surface area contributed by atoms with E-state index in [0.29, 0.717) is 16.7 Å². The van der Waals surface area contributed by atoms with Gasteiger partial charge in [-0.2, -0.15) is 0 Å². The molecular weight excluding hydrogens is 210 g/mol. The molecular formula is C11H21NS2. The fourth-order valence-corrected chi connectivity index (χ4v) is 4.22. The first kappa shape index (κ1) is 12.5. The lowest BCUT2D eigenvalue weighted by atomic mass is 10.2. The van der Waals surface area contributed by atoms with Gasteiger partial charge in [0.05, 0.1) is 4.58 Å². The highest BCUT2D eigenvalue weighted by atomic mass is 32.2. The summed E-state index contributed by atoms with van der Waals surface area (Å²) < 4.78 is 0.685. The Labute approximate surface area is 96.5 Å². The minimum Gasteiger partial charge on any atom is -0.302 e. The minimum absolute atomic E-state index is 0.567. The summed E-state index contributed by atoms with van der Waals surface area (Å²) in [6.07, 6.45) is 2.40. The fourth-order valence-electron chi connectivity index (χ4n) is 1.64. The highest BCUT2D eigenvalue weighted by molar-refractivity contribution is 8.17. The van der Waals surface area contributed by atoms with Crippen molar-refractivity contribution in [2.45, 2.75) is 44.4 Å². The van der Waals surface area contributed by atoms with E-state index >= 15 is 0 Å². The van der Waals surface area contributed by atoms with E-state index in [0.717, 1.165) is 0 Å². The summed E-state index contributed by atoms with van der Waals surface area (Å²) >= 11 is 4.12. The molecule has 0 aromatic heterocycles. The molecule has 0 fully saturated rings. The van der Waals surface area contributed by atoms with Crippen molar-refractivity contribution in [2.24, 2.45) is 0 Å². The molecule has 0 radical (unpaired) electrons. The molecule has 0 saturated carbocycles. The van der Waals surface area contributed by atoms with Crippen LogP contribution in [0.25, 0.3) is 0 Å². The number of nitrogens with one attached hydrogen (secondary N) is 1. The van der Waals surface area contributed by atoms with E-state index in [9.17, 15) is 0 Å². The van der Waals surface area contributed by atoms with Crippen LogP contribution in [0.5, 0.6) is 0 Å². The predicted molar refractivity (Wildman–Crippen MR) is 70.2 cm³/mol. The molecule has 3 heteroatoms. The van der Waals surface area contributed by atoms with Crippen LogP contribution < -0.4 is 5.32 Å². The highest BCUT2D eigenvalue weighted by Gasteiger charge is 2.26. The molecule has 1 nitrogen and oxygen atoms in total. The molecule has 0 aliphatic carbocycles. The summed E-state index contributed by atoms with van der Waals surface area (Å²) in [5, 5.41) is 3.64. The lowest BCUT2D eigenvalue weighted by Crippen LogP contribution is -2.35. The topological polar surface area (TPSA) is 12.0 Å². The Bertz CT molecular complexity index is 197. The van der Waals surface area contributed by atoms with Crippen molar-refractivity contribution in [3.63, 3.8) is 0 Å². The summed E-state index contributed by atoms with van der Waals surface area (Å²) in [4.78, 5) is 0. The smallest absolute Gasteiger partial charge is 0.0691 e. The molecule has 1 aliphatic heterocycles. The molecule has 0 aromatic carbocycles. The van der Waals surface area contributed by atoms with Gasteiger partial charge in [0.2, 0.25) is 0 Å². The summed E-state index contributed by atoms with van der Waals surface area (Å²) in [6, 6.07) is 1.14. The Morgan fingerprint density at radius 3 is 2.29 bits per heavy atom. The van der Waals surface area contributed by atoms with Crippen LogP contribution >= 0.6 is 23.5 Å². The second-order valence-corrected chi connectivity index (χ2v) is 6.74. The molecule has 2 atom stereocenters. The summed E-state index contributed by atoms with van der Waals surface area (Å²) in [6.45, 7) is 8.95. The Morgan fingerprint density at radius 2 is 1.93 bits per heavy atom. The second-order valence-electron chi connectivity index (χ2n) is 3.60. The zero-order chi connectivity index (χ0) is 10.6. The van der Waals surface area contributed by atoms with Crippen molar-refractivity contribution in [2.75, 3.05) is 11.5 Å². The molecule has 1 unspecified atom stereocenters. The normalized spacial score (nSPS) is 27.1. The zero-order valence-corrected chi connectivity index (χ0v) is 11.2. The molecule has 1 N–H and O–H groups in total. The van der Waals surface area contributed by atoms with E-state index in [4.69, 9.17) is 0 Å². The molecule has 0 saturated heterocycles. The first-order valence-electron chi connectivity index (χ1n) is 5.36. The summed E-state index contributed by atoms with van der Waals surface area (Å²) in [7, 11) is 0. The Hall–Kier alpha value is 0.400. The van der Waals surface area contributed by atoms with Crippen LogP contribution in [0.15, 0.2) is 11.6 Å². The van der Waals surface area contributed by atoms with E-state index < -0.39 is 0 Å². The molecule has 14 heavy (non-hydrogen) atoms. The SMILES string of the molecule is CCSC(SCC)[C@@H]1C=C(C)C(C)N1. The number of hydrogen-bond acceptors (Lipinski definition) is 3. The molecule has 0 amide bonds. The van der Waals surface area contributed by atoms with Crippen molar-refractivity contribution in [3.05, 3.63) is 11.6 Å². The van der Waals surface area contributed by atoms with Crippen LogP contribution in [-0.4, -0.2) is 28.2 Å². The van der Waals surface area contributed by atoms with Crippen molar-refractivity contribution in [1.29, 1.82) is 0 Å². The minimum atomic E-state index is 0.567. The summed E-state index contributed by atoms with van der Waals surface area (Å²) in [5.74, 6) is 2.41. The Balaban J connectivity index is 2.52. The maximum absolute atomic E-state index is 3.64. The van der Waals surface area contributed by atoms with Gasteiger partial charge < -0.3 is 5.32 Å². The second kappa shape index (κ2) is 6.09. The van der Waals surface area contributed by atoms with Crippen molar-refractivity contribution in [1.82, 2.24) is 5.32 Å². The predicted octanol–water partition coefficient (Wildman–Crippen LogP) is 3.13. The molecule has 1 heterocycles. The first-order chi connectivity index (χ1) is 6.69. The lowest BCUT2D eigenvalue weighted by molar-refractivity contribution is 0.610. The Morgan fingerprint density at radius 1 is 1.36 bits per heavy atom. The molecule has 1 aliphatic rings. The maximum Gasteiger partial charge on any atom is 0.0691 e. The third kappa shape index (κ3) is 3.21. The van der Waals surface area contributed by atoms with Gasteiger partial charge >= 0.3 is 0 Å². The van der Waals surface area contributed by atoms with E-state index in [1.165, 1.54) is 17.1 Å². The van der Waals surface area contributed by atoms with E-state index in [1.54, 1.807) is 0 Å². The molecule has 0 aromatic rings. The average Bonchev–Trinajstić information content (AvgIpc) is 2.47. The number of hydrogen-bond donors (Lipinski definition) is 1. The maximum atomic E-state index is 3.64.